The van der Waals surface area contributed by atoms with Crippen LogP contribution in [0.1, 0.15) is 49.9 Å². The Hall–Kier alpha value is -8.52. The highest BCUT2D eigenvalue weighted by atomic mass is 15.1. The summed E-state index contributed by atoms with van der Waals surface area (Å²) < 4.78 is 0. The van der Waals surface area contributed by atoms with E-state index in [0.717, 1.165) is 17.1 Å². The van der Waals surface area contributed by atoms with Crippen LogP contribution in [0.3, 0.4) is 0 Å². The predicted octanol–water partition coefficient (Wildman–Crippen LogP) is 19.3. The second-order valence-corrected chi connectivity index (χ2v) is 20.5. The van der Waals surface area contributed by atoms with E-state index in [9.17, 15) is 0 Å². The van der Waals surface area contributed by atoms with Crippen molar-refractivity contribution in [3.8, 4) is 77.9 Å². The topological polar surface area (TPSA) is 3.24 Å². The molecular formula is C70H53N. The van der Waals surface area contributed by atoms with Gasteiger partial charge in [0.25, 0.3) is 0 Å². The second kappa shape index (κ2) is 16.6. The number of para-hydroxylation sites is 1. The van der Waals surface area contributed by atoms with E-state index in [4.69, 9.17) is 0 Å². The summed E-state index contributed by atoms with van der Waals surface area (Å²) in [5, 5.41) is 2.54. The third kappa shape index (κ3) is 7.06. The Kier molecular flexibility index (Phi) is 9.94. The molecule has 0 saturated carbocycles. The van der Waals surface area contributed by atoms with Gasteiger partial charge in [0.1, 0.15) is 0 Å². The molecule has 0 aliphatic heterocycles. The van der Waals surface area contributed by atoms with Crippen molar-refractivity contribution < 1.29 is 0 Å². The third-order valence-electron chi connectivity index (χ3n) is 15.7. The second-order valence-electron chi connectivity index (χ2n) is 20.5. The zero-order valence-corrected chi connectivity index (χ0v) is 40.6. The number of anilines is 3. The van der Waals surface area contributed by atoms with Crippen molar-refractivity contribution in [2.45, 2.75) is 38.5 Å². The van der Waals surface area contributed by atoms with Gasteiger partial charge in [0.05, 0.1) is 5.69 Å². The first kappa shape index (κ1) is 42.6. The molecule has 0 saturated heterocycles. The highest BCUT2D eigenvalue weighted by Crippen LogP contribution is 2.55. The number of benzene rings is 11. The maximum absolute atomic E-state index is 2.52. The molecule has 338 valence electrons. The van der Waals surface area contributed by atoms with Gasteiger partial charge in [-0.05, 0) is 154 Å². The Morgan fingerprint density at radius 1 is 0.254 bits per heavy atom. The number of hydrogen-bond donors (Lipinski definition) is 0. The van der Waals surface area contributed by atoms with Gasteiger partial charge in [-0.25, -0.2) is 0 Å². The molecule has 2 aliphatic rings. The fourth-order valence-electron chi connectivity index (χ4n) is 11.9. The monoisotopic (exact) mass is 907 g/mol. The summed E-state index contributed by atoms with van der Waals surface area (Å²) in [4.78, 5) is 2.52. The van der Waals surface area contributed by atoms with E-state index in [2.05, 4.69) is 281 Å². The maximum atomic E-state index is 2.52. The fourth-order valence-corrected chi connectivity index (χ4v) is 11.9. The Labute approximate surface area is 418 Å². The van der Waals surface area contributed by atoms with Crippen LogP contribution in [-0.2, 0) is 10.8 Å². The number of fused-ring (bicyclic) bond motifs is 7. The Morgan fingerprint density at radius 3 is 1.28 bits per heavy atom. The van der Waals surface area contributed by atoms with Gasteiger partial charge >= 0.3 is 0 Å². The van der Waals surface area contributed by atoms with Gasteiger partial charge in [0.15, 0.2) is 0 Å². The van der Waals surface area contributed by atoms with Crippen LogP contribution in [0.2, 0.25) is 0 Å². The van der Waals surface area contributed by atoms with Crippen LogP contribution >= 0.6 is 0 Å². The SMILES string of the molecule is CC1(C)c2cc(-c3ccc(-c4ccccc4)cc3)ccc2-c2ccc(N(c3ccc4c(c3)C(C)(C)c3cc(-c5cccc6ccccc56)ccc3-4)c3ccccc3-c3cccc(-c4ccccc4)c3)cc21. The molecule has 0 atom stereocenters. The Bertz CT molecular complexity index is 3850. The normalized spacial score (nSPS) is 13.6. The number of hydrogen-bond acceptors (Lipinski definition) is 1. The highest BCUT2D eigenvalue weighted by molar-refractivity contribution is 5.98. The summed E-state index contributed by atoms with van der Waals surface area (Å²) in [6, 6.07) is 92.4. The molecule has 0 amide bonds. The molecule has 1 heteroatoms. The number of nitrogens with zero attached hydrogens (tertiary/aromatic N) is 1. The first-order chi connectivity index (χ1) is 34.7. The van der Waals surface area contributed by atoms with Crippen molar-refractivity contribution in [1.29, 1.82) is 0 Å². The summed E-state index contributed by atoms with van der Waals surface area (Å²) in [7, 11) is 0. The standard InChI is InChI=1S/C70H53N/c1-69(2)64-42-52(49-31-29-48(30-32-49)46-17-7-5-8-18-46)33-37-60(64)62-39-35-55(44-66(62)69)71(68-28-14-13-26-59(68)53-24-15-23-51(41-53)47-19-9-6-10-20-47)56-36-40-63-61-38-34-54(43-65(61)70(3,4)67(63)45-56)58-27-16-22-50-21-11-12-25-57(50)58/h5-45H,1-4H3. The minimum atomic E-state index is -0.238. The summed E-state index contributed by atoms with van der Waals surface area (Å²) >= 11 is 0. The summed E-state index contributed by atoms with van der Waals surface area (Å²) in [5.74, 6) is 0. The molecule has 0 fully saturated rings. The van der Waals surface area contributed by atoms with E-state index in [1.807, 2.05) is 0 Å². The van der Waals surface area contributed by atoms with Gasteiger partial charge in [-0.15, -0.1) is 0 Å². The van der Waals surface area contributed by atoms with Crippen molar-refractivity contribution in [3.63, 3.8) is 0 Å². The molecular weight excluding hydrogens is 855 g/mol. The van der Waals surface area contributed by atoms with Gasteiger partial charge in [0.2, 0.25) is 0 Å². The lowest BCUT2D eigenvalue weighted by Crippen LogP contribution is -2.18. The molecule has 2 aliphatic carbocycles. The van der Waals surface area contributed by atoms with E-state index in [1.54, 1.807) is 0 Å². The van der Waals surface area contributed by atoms with Crippen LogP contribution in [-0.4, -0.2) is 0 Å². The largest absolute Gasteiger partial charge is 0.310 e. The lowest BCUT2D eigenvalue weighted by atomic mass is 9.81. The van der Waals surface area contributed by atoms with Gasteiger partial charge in [-0.2, -0.15) is 0 Å². The Balaban J connectivity index is 0.931. The van der Waals surface area contributed by atoms with E-state index in [1.165, 1.54) is 111 Å². The van der Waals surface area contributed by atoms with Gasteiger partial charge < -0.3 is 4.90 Å². The average molecular weight is 908 g/mol. The zero-order valence-electron chi connectivity index (χ0n) is 40.6. The van der Waals surface area contributed by atoms with Crippen LogP contribution in [0.15, 0.2) is 249 Å². The predicted molar refractivity (Wildman–Crippen MR) is 301 cm³/mol. The third-order valence-corrected chi connectivity index (χ3v) is 15.7. The summed E-state index contributed by atoms with van der Waals surface area (Å²) in [6.07, 6.45) is 0. The first-order valence-corrected chi connectivity index (χ1v) is 25.0. The molecule has 0 aromatic heterocycles. The molecule has 0 N–H and O–H groups in total. The minimum absolute atomic E-state index is 0.237. The zero-order chi connectivity index (χ0) is 47.8. The minimum Gasteiger partial charge on any atom is -0.310 e. The molecule has 0 radical (unpaired) electrons. The van der Waals surface area contributed by atoms with E-state index >= 15 is 0 Å². The smallest absolute Gasteiger partial charge is 0.0540 e. The molecule has 11 aromatic carbocycles. The Morgan fingerprint density at radius 2 is 0.634 bits per heavy atom. The van der Waals surface area contributed by atoms with Crippen molar-refractivity contribution >= 4 is 27.8 Å². The lowest BCUT2D eigenvalue weighted by molar-refractivity contribution is 0.660. The summed E-state index contributed by atoms with van der Waals surface area (Å²) in [6.45, 7) is 9.61. The van der Waals surface area contributed by atoms with Crippen LogP contribution in [0.25, 0.3) is 88.7 Å². The first-order valence-electron chi connectivity index (χ1n) is 25.0. The highest BCUT2D eigenvalue weighted by Gasteiger charge is 2.38. The van der Waals surface area contributed by atoms with Crippen LogP contribution in [0.4, 0.5) is 17.1 Å². The quantitative estimate of drug-likeness (QED) is 0.147. The number of rotatable bonds is 8. The van der Waals surface area contributed by atoms with Gasteiger partial charge in [0, 0.05) is 27.8 Å². The molecule has 71 heavy (non-hydrogen) atoms. The molecule has 0 bridgehead atoms. The van der Waals surface area contributed by atoms with Crippen molar-refractivity contribution in [3.05, 3.63) is 271 Å². The summed E-state index contributed by atoms with van der Waals surface area (Å²) in [5.41, 5.74) is 25.8. The van der Waals surface area contributed by atoms with Crippen molar-refractivity contribution in [2.24, 2.45) is 0 Å². The molecule has 13 rings (SSSR count). The van der Waals surface area contributed by atoms with Crippen LogP contribution in [0, 0.1) is 0 Å². The molecule has 0 heterocycles. The van der Waals surface area contributed by atoms with Crippen LogP contribution < -0.4 is 4.90 Å². The van der Waals surface area contributed by atoms with Crippen LogP contribution in [0.5, 0.6) is 0 Å². The van der Waals surface area contributed by atoms with Gasteiger partial charge in [-0.3, -0.25) is 0 Å². The van der Waals surface area contributed by atoms with E-state index in [-0.39, 0.29) is 10.8 Å². The van der Waals surface area contributed by atoms with Gasteiger partial charge in [-0.1, -0.05) is 228 Å². The molecule has 0 unspecified atom stereocenters. The van der Waals surface area contributed by atoms with Crippen molar-refractivity contribution in [1.82, 2.24) is 0 Å². The maximum Gasteiger partial charge on any atom is 0.0540 e. The lowest BCUT2D eigenvalue weighted by Gasteiger charge is -2.31. The molecule has 0 spiro atoms. The molecule has 11 aromatic rings. The average Bonchev–Trinajstić information content (AvgIpc) is 3.79. The van der Waals surface area contributed by atoms with Crippen molar-refractivity contribution in [2.75, 3.05) is 4.90 Å². The fraction of sp³-hybridized carbons (Fsp3) is 0.0857. The van der Waals surface area contributed by atoms with E-state index < -0.39 is 0 Å². The van der Waals surface area contributed by atoms with E-state index in [0.29, 0.717) is 0 Å². The molecule has 1 nitrogen and oxygen atoms in total.